The smallest absolute Gasteiger partial charge is 0.254 e. The van der Waals surface area contributed by atoms with E-state index in [1.54, 1.807) is 18.5 Å². The van der Waals surface area contributed by atoms with Crippen LogP contribution in [-0.4, -0.2) is 184 Å². The van der Waals surface area contributed by atoms with Gasteiger partial charge in [0.2, 0.25) is 23.6 Å². The Balaban J connectivity index is 0.598. The molecule has 4 aromatic rings. The maximum atomic E-state index is 15.3. The van der Waals surface area contributed by atoms with Gasteiger partial charge in [-0.1, -0.05) is 49.1 Å². The summed E-state index contributed by atoms with van der Waals surface area (Å²) in [6.07, 6.45) is 14.9. The quantitative estimate of drug-likeness (QED) is 0.102. The first-order valence-electron chi connectivity index (χ1n) is 29.3. The lowest BCUT2D eigenvalue weighted by Gasteiger charge is -2.40. The van der Waals surface area contributed by atoms with Crippen LogP contribution in [0.15, 0.2) is 61.1 Å². The summed E-state index contributed by atoms with van der Waals surface area (Å²) < 4.78 is 22.0. The molecular weight excluding hydrogens is 1030 g/mol. The molecule has 5 aliphatic heterocycles. The molecule has 2 aliphatic carbocycles. The van der Waals surface area contributed by atoms with Crippen molar-refractivity contribution < 1.29 is 33.1 Å². The maximum absolute atomic E-state index is 15.3. The van der Waals surface area contributed by atoms with Gasteiger partial charge >= 0.3 is 0 Å². The Bertz CT molecular complexity index is 2790. The van der Waals surface area contributed by atoms with Crippen molar-refractivity contribution in [3.05, 3.63) is 88.6 Å². The number of benzene rings is 2. The molecule has 7 heterocycles. The number of aromatic amines is 1. The summed E-state index contributed by atoms with van der Waals surface area (Å²) in [7, 11) is 0. The van der Waals surface area contributed by atoms with Gasteiger partial charge in [0.25, 0.3) is 5.91 Å². The summed E-state index contributed by atoms with van der Waals surface area (Å²) in [5, 5.41) is 7.92. The standard InChI is InChI=1S/C59H78ClFN12O6/c60-44-11-8-39(9-12-44)50(66-58(78)59(62)20-28-71(29-21-59)54-47-14-22-63-53(47)64-38-65-54)19-25-68-30-32-70(33-31-68)51(74)37-69-23-15-45(16-24-69)79-46-17-26-72(27-18-46)57(77)52(40-4-2-1-3-5-40)67-55(75)48-34-42(10-13-49(48)61)43-35-73(36-43)56(76)41-6-7-41/h8-14,22,34,38,40-41,43,45-46,50,52H,1-7,15-21,23-33,35-37,62H2,(H,66,78)(H,67,75)(H,63,64,65)/t50-,52+/m0/s1. The van der Waals surface area contributed by atoms with Gasteiger partial charge in [-0.2, -0.15) is 0 Å². The van der Waals surface area contributed by atoms with Crippen molar-refractivity contribution in [2.45, 2.75) is 126 Å². The summed E-state index contributed by atoms with van der Waals surface area (Å²) in [4.78, 5) is 92.8. The Kier molecular flexibility index (Phi) is 17.2. The second-order valence-corrected chi connectivity index (χ2v) is 24.0. The fourth-order valence-electron chi connectivity index (χ4n) is 13.0. The SMILES string of the molecule is NC1(C(=O)N[C@@H](CCN2CCN(C(=O)CN3CCC(OC4CCN(C(=O)[C@H](NC(=O)c5cc(C6CN(C(=O)C7CC7)C6)ccc5F)C5CCCCC5)CC4)CC3)CC2)c2ccc(Cl)cc2)CCN(c2ncnc3[nH]ccc23)CC1. The second kappa shape index (κ2) is 24.6. The van der Waals surface area contributed by atoms with Gasteiger partial charge in [-0.15, -0.1) is 0 Å². The predicted molar refractivity (Wildman–Crippen MR) is 299 cm³/mol. The van der Waals surface area contributed by atoms with E-state index in [4.69, 9.17) is 22.1 Å². The number of aromatic nitrogens is 3. The summed E-state index contributed by atoms with van der Waals surface area (Å²) in [6, 6.07) is 13.3. The zero-order chi connectivity index (χ0) is 54.6. The predicted octanol–water partition coefficient (Wildman–Crippen LogP) is 5.63. The number of carbonyl (C=O) groups excluding carboxylic acids is 5. The number of likely N-dealkylation sites (tertiary alicyclic amines) is 3. The molecule has 7 fully saturated rings. The third kappa shape index (κ3) is 13.1. The first kappa shape index (κ1) is 55.2. The Morgan fingerprint density at radius 2 is 1.46 bits per heavy atom. The molecule has 5 amide bonds. The molecular formula is C59H78ClFN12O6. The van der Waals surface area contributed by atoms with Crippen LogP contribution in [0.4, 0.5) is 10.2 Å². The number of carbonyl (C=O) groups is 5. The molecule has 7 aliphatic rings. The number of piperazine rings is 1. The average molecular weight is 1110 g/mol. The van der Waals surface area contributed by atoms with Crippen LogP contribution in [0.3, 0.4) is 0 Å². The van der Waals surface area contributed by atoms with E-state index in [0.717, 1.165) is 118 Å². The topological polar surface area (TPSA) is 206 Å². The molecule has 18 nitrogen and oxygen atoms in total. The van der Waals surface area contributed by atoms with Crippen LogP contribution in [0, 0.1) is 17.7 Å². The number of nitrogens with two attached hydrogens (primary N) is 1. The molecule has 2 aromatic carbocycles. The molecule has 2 saturated carbocycles. The molecule has 0 unspecified atom stereocenters. The summed E-state index contributed by atoms with van der Waals surface area (Å²) in [6.45, 7) is 8.87. The number of ether oxygens (including phenoxy) is 1. The summed E-state index contributed by atoms with van der Waals surface area (Å²) in [5.41, 5.74) is 8.39. The monoisotopic (exact) mass is 1100 g/mol. The Morgan fingerprint density at radius 1 is 0.759 bits per heavy atom. The number of amides is 5. The van der Waals surface area contributed by atoms with Crippen LogP contribution in [0.5, 0.6) is 0 Å². The third-order valence-electron chi connectivity index (χ3n) is 18.3. The number of halogens is 2. The van der Waals surface area contributed by atoms with Gasteiger partial charge in [0.15, 0.2) is 0 Å². The number of fused-ring (bicyclic) bond motifs is 1. The number of anilines is 1. The van der Waals surface area contributed by atoms with E-state index in [0.29, 0.717) is 96.0 Å². The van der Waals surface area contributed by atoms with Gasteiger partial charge in [0.1, 0.15) is 29.7 Å². The first-order valence-corrected chi connectivity index (χ1v) is 29.7. The Morgan fingerprint density at radius 3 is 2.15 bits per heavy atom. The van der Waals surface area contributed by atoms with Crippen molar-refractivity contribution in [3.8, 4) is 0 Å². The van der Waals surface area contributed by atoms with Gasteiger partial charge in [-0.25, -0.2) is 14.4 Å². The van der Waals surface area contributed by atoms with E-state index in [2.05, 4.69) is 40.3 Å². The molecule has 424 valence electrons. The second-order valence-electron chi connectivity index (χ2n) is 23.6. The van der Waals surface area contributed by atoms with E-state index >= 15 is 4.39 Å². The normalized spacial score (nSPS) is 22.1. The van der Waals surface area contributed by atoms with E-state index in [-0.39, 0.29) is 65.2 Å². The zero-order valence-corrected chi connectivity index (χ0v) is 46.2. The molecule has 79 heavy (non-hydrogen) atoms. The van der Waals surface area contributed by atoms with Crippen LogP contribution >= 0.6 is 11.6 Å². The first-order chi connectivity index (χ1) is 38.3. The third-order valence-corrected chi connectivity index (χ3v) is 18.6. The minimum atomic E-state index is -1.02. The highest BCUT2D eigenvalue weighted by Gasteiger charge is 2.42. The van der Waals surface area contributed by atoms with Crippen molar-refractivity contribution in [2.24, 2.45) is 17.6 Å². The van der Waals surface area contributed by atoms with Crippen molar-refractivity contribution in [3.63, 3.8) is 0 Å². The van der Waals surface area contributed by atoms with E-state index < -0.39 is 23.3 Å². The lowest BCUT2D eigenvalue weighted by atomic mass is 9.83. The fourth-order valence-corrected chi connectivity index (χ4v) is 13.1. The van der Waals surface area contributed by atoms with Gasteiger partial charge in [-0.3, -0.25) is 33.8 Å². The number of rotatable bonds is 17. The van der Waals surface area contributed by atoms with Crippen LogP contribution in [-0.2, 0) is 23.9 Å². The molecule has 2 aromatic heterocycles. The van der Waals surface area contributed by atoms with Crippen LogP contribution in [0.2, 0.25) is 5.02 Å². The van der Waals surface area contributed by atoms with Crippen molar-refractivity contribution in [1.29, 1.82) is 0 Å². The van der Waals surface area contributed by atoms with Crippen LogP contribution in [0.25, 0.3) is 11.0 Å². The van der Waals surface area contributed by atoms with Gasteiger partial charge in [-0.05, 0) is 118 Å². The molecule has 0 radical (unpaired) electrons. The number of nitrogens with one attached hydrogen (secondary N) is 3. The Labute approximate surface area is 467 Å². The van der Waals surface area contributed by atoms with Crippen LogP contribution in [0.1, 0.15) is 123 Å². The van der Waals surface area contributed by atoms with Crippen LogP contribution < -0.4 is 21.3 Å². The lowest BCUT2D eigenvalue weighted by Crippen LogP contribution is -2.60. The van der Waals surface area contributed by atoms with E-state index in [9.17, 15) is 24.0 Å². The van der Waals surface area contributed by atoms with Crippen molar-refractivity contribution >= 4 is 58.0 Å². The molecule has 0 spiro atoms. The lowest BCUT2D eigenvalue weighted by molar-refractivity contribution is -0.140. The average Bonchev–Trinajstić information content (AvgIpc) is 4.23. The number of hydrogen-bond acceptors (Lipinski definition) is 12. The number of piperidine rings is 3. The highest BCUT2D eigenvalue weighted by Crippen LogP contribution is 2.37. The van der Waals surface area contributed by atoms with Crippen molar-refractivity contribution in [2.75, 3.05) is 96.5 Å². The van der Waals surface area contributed by atoms with Gasteiger partial charge < -0.3 is 45.7 Å². The van der Waals surface area contributed by atoms with Gasteiger partial charge in [0, 0.05) is 108 Å². The highest BCUT2D eigenvalue weighted by atomic mass is 35.5. The maximum Gasteiger partial charge on any atom is 0.254 e. The minimum absolute atomic E-state index is 0.0111. The molecule has 5 saturated heterocycles. The largest absolute Gasteiger partial charge is 0.375 e. The fraction of sp³-hybridized carbons (Fsp3) is 0.610. The molecule has 20 heteroatoms. The number of H-pyrrole nitrogens is 1. The minimum Gasteiger partial charge on any atom is -0.375 e. The molecule has 2 atom stereocenters. The summed E-state index contributed by atoms with van der Waals surface area (Å²) in [5.74, 6) is -0.0520. The molecule has 5 N–H and O–H groups in total. The molecule has 0 bridgehead atoms. The number of hydrogen-bond donors (Lipinski definition) is 4. The Hall–Kier alpha value is -5.73. The van der Waals surface area contributed by atoms with E-state index in [1.807, 2.05) is 51.2 Å². The number of nitrogens with zero attached hydrogens (tertiary/aromatic N) is 8. The molecule has 11 rings (SSSR count). The summed E-state index contributed by atoms with van der Waals surface area (Å²) >= 11 is 6.28. The van der Waals surface area contributed by atoms with Crippen molar-refractivity contribution in [1.82, 2.24) is 50.1 Å². The highest BCUT2D eigenvalue weighted by molar-refractivity contribution is 6.30. The van der Waals surface area contributed by atoms with E-state index in [1.165, 1.54) is 6.07 Å². The van der Waals surface area contributed by atoms with Gasteiger partial charge in [0.05, 0.1) is 41.3 Å². The zero-order valence-electron chi connectivity index (χ0n) is 45.5.